The molecule has 0 aliphatic heterocycles. The van der Waals surface area contributed by atoms with Crippen LogP contribution in [0, 0.1) is 0 Å². The van der Waals surface area contributed by atoms with Crippen LogP contribution in [0.25, 0.3) is 0 Å². The molecular weight excluding hydrogens is 186 g/mol. The second-order valence-corrected chi connectivity index (χ2v) is 5.00. The molecule has 1 aliphatic rings. The Bertz CT molecular complexity index is 170. The van der Waals surface area contributed by atoms with Crippen molar-refractivity contribution in [1.29, 1.82) is 0 Å². The van der Waals surface area contributed by atoms with Gasteiger partial charge in [0, 0.05) is 25.2 Å². The van der Waals surface area contributed by atoms with Gasteiger partial charge in [0.25, 0.3) is 0 Å². The zero-order valence-electron chi connectivity index (χ0n) is 10.6. The zero-order chi connectivity index (χ0) is 11.3. The molecule has 2 atom stereocenters. The number of hydrogen-bond acceptors (Lipinski definition) is 3. The molecule has 0 aromatic rings. The predicted molar refractivity (Wildman–Crippen MR) is 66.0 cm³/mol. The van der Waals surface area contributed by atoms with Crippen molar-refractivity contribution in [2.45, 2.75) is 44.7 Å². The van der Waals surface area contributed by atoms with E-state index in [9.17, 15) is 0 Å². The van der Waals surface area contributed by atoms with Crippen LogP contribution in [0.1, 0.15) is 32.6 Å². The molecule has 0 aromatic carbocycles. The van der Waals surface area contributed by atoms with Gasteiger partial charge in [-0.15, -0.1) is 0 Å². The molecule has 0 radical (unpaired) electrons. The summed E-state index contributed by atoms with van der Waals surface area (Å²) < 4.78 is 0. The molecule has 1 rings (SSSR count). The van der Waals surface area contributed by atoms with Crippen LogP contribution in [-0.2, 0) is 0 Å². The third kappa shape index (κ3) is 4.09. The third-order valence-corrected chi connectivity index (χ3v) is 3.35. The van der Waals surface area contributed by atoms with Crippen molar-refractivity contribution in [2.75, 3.05) is 33.7 Å². The number of hydrogen-bond donors (Lipinski definition) is 1. The van der Waals surface area contributed by atoms with E-state index in [1.54, 1.807) is 0 Å². The van der Waals surface area contributed by atoms with Crippen LogP contribution in [0.3, 0.4) is 0 Å². The summed E-state index contributed by atoms with van der Waals surface area (Å²) in [5, 5.41) is 0. The maximum Gasteiger partial charge on any atom is 0.0247 e. The lowest BCUT2D eigenvalue weighted by Crippen LogP contribution is -2.47. The van der Waals surface area contributed by atoms with Gasteiger partial charge in [0.15, 0.2) is 0 Å². The SMILES string of the molecule is CCCN(CCN(C)C)C1CCCC1N. The van der Waals surface area contributed by atoms with Crippen LogP contribution in [-0.4, -0.2) is 55.6 Å². The highest BCUT2D eigenvalue weighted by molar-refractivity contribution is 4.88. The fourth-order valence-corrected chi connectivity index (χ4v) is 2.48. The lowest BCUT2D eigenvalue weighted by Gasteiger charge is -2.32. The summed E-state index contributed by atoms with van der Waals surface area (Å²) in [5.41, 5.74) is 6.16. The molecule has 2 N–H and O–H groups in total. The summed E-state index contributed by atoms with van der Waals surface area (Å²) in [6.45, 7) is 5.76. The Balaban J connectivity index is 2.41. The van der Waals surface area contributed by atoms with E-state index in [0.717, 1.165) is 6.54 Å². The van der Waals surface area contributed by atoms with Crippen molar-refractivity contribution < 1.29 is 0 Å². The van der Waals surface area contributed by atoms with Gasteiger partial charge in [-0.25, -0.2) is 0 Å². The largest absolute Gasteiger partial charge is 0.326 e. The normalized spacial score (nSPS) is 26.8. The van der Waals surface area contributed by atoms with E-state index in [0.29, 0.717) is 12.1 Å². The van der Waals surface area contributed by atoms with E-state index < -0.39 is 0 Å². The van der Waals surface area contributed by atoms with Gasteiger partial charge >= 0.3 is 0 Å². The standard InChI is InChI=1S/C12H27N3/c1-4-8-15(10-9-14(2)3)12-7-5-6-11(12)13/h11-12H,4-10,13H2,1-3H3. The molecule has 90 valence electrons. The number of rotatable bonds is 6. The first-order valence-corrected chi connectivity index (χ1v) is 6.29. The molecule has 0 saturated heterocycles. The third-order valence-electron chi connectivity index (χ3n) is 3.35. The van der Waals surface area contributed by atoms with Crippen LogP contribution in [0.5, 0.6) is 0 Å². The summed E-state index contributed by atoms with van der Waals surface area (Å²) >= 11 is 0. The summed E-state index contributed by atoms with van der Waals surface area (Å²) in [7, 11) is 4.28. The van der Waals surface area contributed by atoms with Gasteiger partial charge < -0.3 is 10.6 Å². The smallest absolute Gasteiger partial charge is 0.0247 e. The molecule has 1 fully saturated rings. The molecule has 3 nitrogen and oxygen atoms in total. The minimum absolute atomic E-state index is 0.415. The average Bonchev–Trinajstić information content (AvgIpc) is 2.59. The fourth-order valence-electron chi connectivity index (χ4n) is 2.48. The van der Waals surface area contributed by atoms with Gasteiger partial charge in [0.05, 0.1) is 0 Å². The molecule has 15 heavy (non-hydrogen) atoms. The van der Waals surface area contributed by atoms with E-state index in [2.05, 4.69) is 30.8 Å². The summed E-state index contributed by atoms with van der Waals surface area (Å²) in [5.74, 6) is 0. The number of likely N-dealkylation sites (N-methyl/N-ethyl adjacent to an activating group) is 1. The Morgan fingerprint density at radius 3 is 2.33 bits per heavy atom. The molecule has 0 amide bonds. The Morgan fingerprint density at radius 1 is 1.13 bits per heavy atom. The van der Waals surface area contributed by atoms with E-state index >= 15 is 0 Å². The molecule has 1 saturated carbocycles. The first kappa shape index (κ1) is 12.9. The predicted octanol–water partition coefficient (Wildman–Crippen LogP) is 1.14. The first-order valence-electron chi connectivity index (χ1n) is 6.29. The van der Waals surface area contributed by atoms with Crippen LogP contribution in [0.15, 0.2) is 0 Å². The monoisotopic (exact) mass is 213 g/mol. The Hall–Kier alpha value is -0.120. The van der Waals surface area contributed by atoms with Crippen molar-refractivity contribution >= 4 is 0 Å². The second kappa shape index (κ2) is 6.46. The summed E-state index contributed by atoms with van der Waals surface area (Å²) in [4.78, 5) is 4.85. The topological polar surface area (TPSA) is 32.5 Å². The highest BCUT2D eigenvalue weighted by Crippen LogP contribution is 2.22. The Morgan fingerprint density at radius 2 is 1.87 bits per heavy atom. The lowest BCUT2D eigenvalue weighted by atomic mass is 10.1. The maximum absolute atomic E-state index is 6.16. The van der Waals surface area contributed by atoms with Crippen molar-refractivity contribution in [3.8, 4) is 0 Å². The van der Waals surface area contributed by atoms with Crippen LogP contribution < -0.4 is 5.73 Å². The molecule has 1 aliphatic carbocycles. The van der Waals surface area contributed by atoms with Crippen LogP contribution in [0.4, 0.5) is 0 Å². The van der Waals surface area contributed by atoms with Crippen molar-refractivity contribution in [3.63, 3.8) is 0 Å². The highest BCUT2D eigenvalue weighted by Gasteiger charge is 2.28. The van der Waals surface area contributed by atoms with E-state index in [1.807, 2.05) is 0 Å². The zero-order valence-corrected chi connectivity index (χ0v) is 10.6. The van der Waals surface area contributed by atoms with Gasteiger partial charge in [0.1, 0.15) is 0 Å². The van der Waals surface area contributed by atoms with E-state index in [-0.39, 0.29) is 0 Å². The number of nitrogens with two attached hydrogens (primary N) is 1. The summed E-state index contributed by atoms with van der Waals surface area (Å²) in [6.07, 6.45) is 5.06. The summed E-state index contributed by atoms with van der Waals surface area (Å²) in [6, 6.07) is 1.06. The molecule has 0 aromatic heterocycles. The maximum atomic E-state index is 6.16. The number of nitrogens with zero attached hydrogens (tertiary/aromatic N) is 2. The van der Waals surface area contributed by atoms with E-state index in [4.69, 9.17) is 5.73 Å². The van der Waals surface area contributed by atoms with Gasteiger partial charge in [0.2, 0.25) is 0 Å². The van der Waals surface area contributed by atoms with E-state index in [1.165, 1.54) is 38.8 Å². The van der Waals surface area contributed by atoms with Crippen molar-refractivity contribution in [1.82, 2.24) is 9.80 Å². The molecular formula is C12H27N3. The quantitative estimate of drug-likeness (QED) is 0.718. The minimum atomic E-state index is 0.415. The average molecular weight is 213 g/mol. The van der Waals surface area contributed by atoms with Gasteiger partial charge in [-0.3, -0.25) is 4.90 Å². The van der Waals surface area contributed by atoms with Gasteiger partial charge in [-0.2, -0.15) is 0 Å². The molecule has 3 heteroatoms. The van der Waals surface area contributed by atoms with Crippen LogP contribution >= 0.6 is 0 Å². The van der Waals surface area contributed by atoms with Crippen LogP contribution in [0.2, 0.25) is 0 Å². The van der Waals surface area contributed by atoms with Crippen molar-refractivity contribution in [3.05, 3.63) is 0 Å². The fraction of sp³-hybridized carbons (Fsp3) is 1.00. The molecule has 0 bridgehead atoms. The molecule has 2 unspecified atom stereocenters. The van der Waals surface area contributed by atoms with Gasteiger partial charge in [-0.1, -0.05) is 13.3 Å². The van der Waals surface area contributed by atoms with Crippen molar-refractivity contribution in [2.24, 2.45) is 5.73 Å². The van der Waals surface area contributed by atoms with Gasteiger partial charge in [-0.05, 0) is 39.9 Å². The Labute approximate surface area is 94.6 Å². The minimum Gasteiger partial charge on any atom is -0.326 e. The highest BCUT2D eigenvalue weighted by atomic mass is 15.2. The molecule has 0 spiro atoms. The lowest BCUT2D eigenvalue weighted by molar-refractivity contribution is 0.169. The Kier molecular flexibility index (Phi) is 5.58. The second-order valence-electron chi connectivity index (χ2n) is 5.00. The first-order chi connectivity index (χ1) is 7.15. The molecule has 0 heterocycles.